The van der Waals surface area contributed by atoms with E-state index in [1.165, 1.54) is 13.8 Å². The third-order valence-corrected chi connectivity index (χ3v) is 3.92. The van der Waals surface area contributed by atoms with Crippen molar-refractivity contribution in [3.8, 4) is 5.75 Å². The number of hydrogen-bond acceptors (Lipinski definition) is 3. The number of aryl methyl sites for hydroxylation is 2. The molecule has 1 amide bonds. The van der Waals surface area contributed by atoms with E-state index in [1.807, 2.05) is 13.8 Å². The molecule has 0 aliphatic rings. The predicted molar refractivity (Wildman–Crippen MR) is 85.5 cm³/mol. The Morgan fingerprint density at radius 1 is 1.32 bits per heavy atom. The second-order valence-corrected chi connectivity index (χ2v) is 6.18. The minimum Gasteiger partial charge on any atom is -0.481 e. The maximum atomic E-state index is 12.2. The molecule has 0 bridgehead atoms. The van der Waals surface area contributed by atoms with Gasteiger partial charge < -0.3 is 15.2 Å². The van der Waals surface area contributed by atoms with Crippen LogP contribution in [-0.2, 0) is 9.59 Å². The summed E-state index contributed by atoms with van der Waals surface area (Å²) in [6.07, 6.45) is -0.346. The molecule has 1 unspecified atom stereocenters. The first-order valence-electron chi connectivity index (χ1n) is 7.07. The Morgan fingerprint density at radius 3 is 2.23 bits per heavy atom. The van der Waals surface area contributed by atoms with Gasteiger partial charge in [0.2, 0.25) is 0 Å². The summed E-state index contributed by atoms with van der Waals surface area (Å²) in [5, 5.41) is 12.2. The van der Waals surface area contributed by atoms with E-state index in [9.17, 15) is 9.59 Å². The number of carbonyl (C=O) groups excluding carboxylic acids is 1. The van der Waals surface area contributed by atoms with Crippen molar-refractivity contribution in [1.29, 1.82) is 0 Å². The Labute approximate surface area is 135 Å². The highest BCUT2D eigenvalue weighted by atomic mass is 35.5. The van der Waals surface area contributed by atoms with E-state index in [2.05, 4.69) is 5.32 Å². The summed E-state index contributed by atoms with van der Waals surface area (Å²) in [7, 11) is 0. The topological polar surface area (TPSA) is 75.6 Å². The third kappa shape index (κ3) is 4.37. The van der Waals surface area contributed by atoms with Crippen molar-refractivity contribution >= 4 is 23.5 Å². The average Bonchev–Trinajstić information content (AvgIpc) is 2.41. The minimum atomic E-state index is -1.35. The number of benzene rings is 1. The second kappa shape index (κ2) is 7.01. The summed E-state index contributed by atoms with van der Waals surface area (Å²) in [4.78, 5) is 23.3. The van der Waals surface area contributed by atoms with Gasteiger partial charge in [-0.2, -0.15) is 0 Å². The minimum absolute atomic E-state index is 0.419. The molecule has 0 saturated heterocycles. The summed E-state index contributed by atoms with van der Waals surface area (Å²) < 4.78 is 5.70. The lowest BCUT2D eigenvalue weighted by atomic mass is 10.1. The smallest absolute Gasteiger partial charge is 0.328 e. The summed E-state index contributed by atoms with van der Waals surface area (Å²) in [6.45, 7) is 8.37. The Morgan fingerprint density at radius 2 is 1.82 bits per heavy atom. The van der Waals surface area contributed by atoms with Crippen LogP contribution in [0.1, 0.15) is 38.3 Å². The molecule has 0 radical (unpaired) electrons. The number of carboxylic acid groups (broad SMARTS) is 1. The molecule has 1 aromatic rings. The number of ether oxygens (including phenoxy) is 1. The van der Waals surface area contributed by atoms with Gasteiger partial charge >= 0.3 is 5.97 Å². The molecule has 0 fully saturated rings. The normalized spacial score (nSPS) is 12.6. The fourth-order valence-corrected chi connectivity index (χ4v) is 2.01. The lowest BCUT2D eigenvalue weighted by Crippen LogP contribution is -2.53. The van der Waals surface area contributed by atoms with Crippen molar-refractivity contribution in [1.82, 2.24) is 5.32 Å². The Bertz CT molecular complexity index is 561. The van der Waals surface area contributed by atoms with Crippen molar-refractivity contribution in [3.63, 3.8) is 0 Å². The van der Waals surface area contributed by atoms with Gasteiger partial charge in [0, 0.05) is 5.02 Å². The van der Waals surface area contributed by atoms with Crippen LogP contribution in [0.4, 0.5) is 0 Å². The van der Waals surface area contributed by atoms with Crippen LogP contribution < -0.4 is 10.1 Å². The fraction of sp³-hybridized carbons (Fsp3) is 0.500. The second-order valence-electron chi connectivity index (χ2n) is 5.81. The van der Waals surface area contributed by atoms with Crippen molar-refractivity contribution in [2.24, 2.45) is 0 Å². The molecule has 0 saturated carbocycles. The fourth-order valence-electron chi connectivity index (χ4n) is 1.90. The number of rotatable bonds is 6. The van der Waals surface area contributed by atoms with Crippen LogP contribution >= 0.6 is 11.6 Å². The largest absolute Gasteiger partial charge is 0.481 e. The number of aliphatic carboxylic acids is 1. The first-order valence-corrected chi connectivity index (χ1v) is 7.45. The first kappa shape index (κ1) is 18.3. The van der Waals surface area contributed by atoms with Crippen LogP contribution in [0.5, 0.6) is 5.75 Å². The third-order valence-electron chi connectivity index (χ3n) is 3.32. The summed E-state index contributed by atoms with van der Waals surface area (Å²) in [6, 6.07) is 3.52. The number of amides is 1. The Kier molecular flexibility index (Phi) is 5.83. The van der Waals surface area contributed by atoms with E-state index >= 15 is 0 Å². The van der Waals surface area contributed by atoms with Crippen molar-refractivity contribution in [2.75, 3.05) is 0 Å². The zero-order valence-corrected chi connectivity index (χ0v) is 14.2. The van der Waals surface area contributed by atoms with Crippen LogP contribution in [0.15, 0.2) is 12.1 Å². The number of nitrogens with one attached hydrogen (secondary N) is 1. The number of hydrogen-bond donors (Lipinski definition) is 2. The molecule has 1 rings (SSSR count). The van der Waals surface area contributed by atoms with E-state index in [1.54, 1.807) is 19.1 Å². The van der Waals surface area contributed by atoms with Gasteiger partial charge in [-0.05, 0) is 57.4 Å². The maximum Gasteiger partial charge on any atom is 0.328 e. The molecule has 1 atom stereocenters. The van der Waals surface area contributed by atoms with Gasteiger partial charge in [-0.3, -0.25) is 4.79 Å². The standard InChI is InChI=1S/C16H22ClNO4/c1-6-12(14(19)18-16(4,5)15(20)21)22-11-7-9(2)13(17)10(3)8-11/h7-8,12H,6H2,1-5H3,(H,18,19)(H,20,21). The molecule has 1 aromatic carbocycles. The van der Waals surface area contributed by atoms with E-state index in [-0.39, 0.29) is 0 Å². The molecule has 5 nitrogen and oxygen atoms in total. The van der Waals surface area contributed by atoms with Gasteiger partial charge in [0.05, 0.1) is 0 Å². The van der Waals surface area contributed by atoms with Crippen molar-refractivity contribution < 1.29 is 19.4 Å². The molecule has 0 heterocycles. The molecular formula is C16H22ClNO4. The quantitative estimate of drug-likeness (QED) is 0.841. The monoisotopic (exact) mass is 327 g/mol. The molecule has 0 aromatic heterocycles. The van der Waals surface area contributed by atoms with Crippen molar-refractivity contribution in [3.05, 3.63) is 28.3 Å². The maximum absolute atomic E-state index is 12.2. The molecule has 0 aliphatic heterocycles. The molecule has 122 valence electrons. The van der Waals surface area contributed by atoms with E-state index in [4.69, 9.17) is 21.4 Å². The molecule has 0 spiro atoms. The zero-order chi connectivity index (χ0) is 17.1. The van der Waals surface area contributed by atoms with Gasteiger partial charge in [-0.25, -0.2) is 4.79 Å². The van der Waals surface area contributed by atoms with Gasteiger partial charge in [0.15, 0.2) is 6.10 Å². The lowest BCUT2D eigenvalue weighted by molar-refractivity contribution is -0.147. The van der Waals surface area contributed by atoms with Crippen LogP contribution in [0.25, 0.3) is 0 Å². The summed E-state index contributed by atoms with van der Waals surface area (Å²) in [5.74, 6) is -1.02. The molecule has 2 N–H and O–H groups in total. The van der Waals surface area contributed by atoms with Crippen LogP contribution in [-0.4, -0.2) is 28.6 Å². The summed E-state index contributed by atoms with van der Waals surface area (Å²) >= 11 is 6.10. The van der Waals surface area contributed by atoms with Gasteiger partial charge in [0.25, 0.3) is 5.91 Å². The SMILES string of the molecule is CCC(Oc1cc(C)c(Cl)c(C)c1)C(=O)NC(C)(C)C(=O)O. The Hall–Kier alpha value is -1.75. The average molecular weight is 328 g/mol. The van der Waals surface area contributed by atoms with Crippen LogP contribution in [0.3, 0.4) is 0 Å². The van der Waals surface area contributed by atoms with E-state index < -0.39 is 23.5 Å². The van der Waals surface area contributed by atoms with Crippen LogP contribution in [0.2, 0.25) is 5.02 Å². The summed E-state index contributed by atoms with van der Waals surface area (Å²) in [5.41, 5.74) is 0.371. The molecular weight excluding hydrogens is 306 g/mol. The van der Waals surface area contributed by atoms with Gasteiger partial charge in [0.1, 0.15) is 11.3 Å². The number of carboxylic acids is 1. The highest BCUT2D eigenvalue weighted by molar-refractivity contribution is 6.32. The van der Waals surface area contributed by atoms with Crippen molar-refractivity contribution in [2.45, 2.75) is 52.7 Å². The zero-order valence-electron chi connectivity index (χ0n) is 13.5. The lowest BCUT2D eigenvalue weighted by Gasteiger charge is -2.25. The number of halogens is 1. The molecule has 0 aliphatic carbocycles. The van der Waals surface area contributed by atoms with Gasteiger partial charge in [-0.1, -0.05) is 18.5 Å². The van der Waals surface area contributed by atoms with E-state index in [0.29, 0.717) is 17.2 Å². The number of carbonyl (C=O) groups is 2. The van der Waals surface area contributed by atoms with Crippen LogP contribution in [0, 0.1) is 13.8 Å². The molecule has 22 heavy (non-hydrogen) atoms. The predicted octanol–water partition coefficient (Wildman–Crippen LogP) is 3.09. The highest BCUT2D eigenvalue weighted by Crippen LogP contribution is 2.26. The molecule has 6 heteroatoms. The first-order chi connectivity index (χ1) is 10.1. The highest BCUT2D eigenvalue weighted by Gasteiger charge is 2.32. The van der Waals surface area contributed by atoms with Gasteiger partial charge in [-0.15, -0.1) is 0 Å². The Balaban J connectivity index is 2.89. The van der Waals surface area contributed by atoms with E-state index in [0.717, 1.165) is 11.1 Å².